The summed E-state index contributed by atoms with van der Waals surface area (Å²) in [6.45, 7) is 3.78. The van der Waals surface area contributed by atoms with Gasteiger partial charge in [-0.15, -0.1) is 0 Å². The molecular weight excluding hydrogens is 188 g/mol. The van der Waals surface area contributed by atoms with Gasteiger partial charge < -0.3 is 0 Å². The van der Waals surface area contributed by atoms with Gasteiger partial charge in [0, 0.05) is 12.1 Å². The van der Waals surface area contributed by atoms with Crippen LogP contribution in [-0.4, -0.2) is 10.8 Å². The van der Waals surface area contributed by atoms with Gasteiger partial charge in [-0.2, -0.15) is 5.26 Å². The number of hydrogen-bond donors (Lipinski definition) is 0. The molecule has 0 aromatic carbocycles. The van der Waals surface area contributed by atoms with Crippen LogP contribution < -0.4 is 0 Å². The predicted octanol–water partition coefficient (Wildman–Crippen LogP) is 2.30. The summed E-state index contributed by atoms with van der Waals surface area (Å²) in [5.74, 6) is -0.850. The normalized spacial score (nSPS) is 13.9. The van der Waals surface area contributed by atoms with Gasteiger partial charge in [0.1, 0.15) is 5.92 Å². The average Bonchev–Trinajstić information content (AvgIpc) is 2.30. The third-order valence-corrected chi connectivity index (χ3v) is 2.50. The Kier molecular flexibility index (Phi) is 3.99. The molecule has 15 heavy (non-hydrogen) atoms. The number of Topliss-reactive ketones (excluding diaryl/α,β-unsaturated/α-hetero) is 1. The molecule has 0 bridgehead atoms. The van der Waals surface area contributed by atoms with Crippen molar-refractivity contribution in [2.24, 2.45) is 5.92 Å². The zero-order valence-electron chi connectivity index (χ0n) is 8.97. The van der Waals surface area contributed by atoms with Crippen LogP contribution in [0.3, 0.4) is 0 Å². The van der Waals surface area contributed by atoms with Crippen LogP contribution >= 0.6 is 0 Å². The van der Waals surface area contributed by atoms with E-state index in [1.165, 1.54) is 0 Å². The molecule has 0 saturated heterocycles. The van der Waals surface area contributed by atoms with Crippen LogP contribution in [0.1, 0.15) is 31.9 Å². The number of nitrogens with zero attached hydrogens (tertiary/aromatic N) is 2. The lowest BCUT2D eigenvalue weighted by molar-refractivity contribution is -0.122. The SMILES string of the molecule is CCC(C)C(=O)C(C#N)c1ccccn1. The van der Waals surface area contributed by atoms with Gasteiger partial charge in [0.05, 0.1) is 11.8 Å². The second-order valence-electron chi connectivity index (χ2n) is 3.53. The molecule has 3 nitrogen and oxygen atoms in total. The molecule has 0 aliphatic heterocycles. The van der Waals surface area contributed by atoms with E-state index < -0.39 is 5.92 Å². The number of pyridine rings is 1. The fraction of sp³-hybridized carbons (Fsp3) is 0.417. The minimum atomic E-state index is -0.721. The smallest absolute Gasteiger partial charge is 0.158 e. The summed E-state index contributed by atoms with van der Waals surface area (Å²) in [4.78, 5) is 15.9. The summed E-state index contributed by atoms with van der Waals surface area (Å²) in [5.41, 5.74) is 0.547. The summed E-state index contributed by atoms with van der Waals surface area (Å²) in [6.07, 6.45) is 2.35. The van der Waals surface area contributed by atoms with E-state index in [9.17, 15) is 4.79 Å². The first-order valence-electron chi connectivity index (χ1n) is 5.05. The van der Waals surface area contributed by atoms with Gasteiger partial charge in [0.15, 0.2) is 5.78 Å². The molecule has 2 unspecified atom stereocenters. The maximum Gasteiger partial charge on any atom is 0.158 e. The largest absolute Gasteiger partial charge is 0.297 e. The van der Waals surface area contributed by atoms with Crippen molar-refractivity contribution < 1.29 is 4.79 Å². The summed E-state index contributed by atoms with van der Waals surface area (Å²) >= 11 is 0. The lowest BCUT2D eigenvalue weighted by Crippen LogP contribution is -2.19. The minimum Gasteiger partial charge on any atom is -0.297 e. The van der Waals surface area contributed by atoms with E-state index in [1.807, 2.05) is 19.9 Å². The highest BCUT2D eigenvalue weighted by atomic mass is 16.1. The number of ketones is 1. The first-order chi connectivity index (χ1) is 7.20. The number of rotatable bonds is 4. The Morgan fingerprint density at radius 3 is 2.80 bits per heavy atom. The highest BCUT2D eigenvalue weighted by Crippen LogP contribution is 2.19. The quantitative estimate of drug-likeness (QED) is 0.752. The molecule has 0 amide bonds. The van der Waals surface area contributed by atoms with E-state index in [0.29, 0.717) is 5.69 Å². The Labute approximate surface area is 89.8 Å². The van der Waals surface area contributed by atoms with Crippen LogP contribution in [0.4, 0.5) is 0 Å². The maximum atomic E-state index is 11.8. The minimum absolute atomic E-state index is 0.0429. The zero-order chi connectivity index (χ0) is 11.3. The Balaban J connectivity index is 2.92. The van der Waals surface area contributed by atoms with Crippen molar-refractivity contribution in [1.29, 1.82) is 5.26 Å². The fourth-order valence-corrected chi connectivity index (χ4v) is 1.31. The summed E-state index contributed by atoms with van der Waals surface area (Å²) < 4.78 is 0. The van der Waals surface area contributed by atoms with Gasteiger partial charge in [-0.05, 0) is 18.6 Å². The van der Waals surface area contributed by atoms with Crippen molar-refractivity contribution in [1.82, 2.24) is 4.98 Å². The van der Waals surface area contributed by atoms with E-state index in [-0.39, 0.29) is 11.7 Å². The molecule has 1 aromatic heterocycles. The van der Waals surface area contributed by atoms with Crippen molar-refractivity contribution in [3.63, 3.8) is 0 Å². The molecule has 78 valence electrons. The van der Waals surface area contributed by atoms with Crippen molar-refractivity contribution in [3.05, 3.63) is 30.1 Å². The van der Waals surface area contributed by atoms with Crippen LogP contribution in [0.5, 0.6) is 0 Å². The van der Waals surface area contributed by atoms with Crippen molar-refractivity contribution in [2.75, 3.05) is 0 Å². The average molecular weight is 202 g/mol. The molecule has 0 radical (unpaired) electrons. The number of carbonyl (C=O) groups excluding carboxylic acids is 1. The van der Waals surface area contributed by atoms with Crippen molar-refractivity contribution in [3.8, 4) is 6.07 Å². The number of nitriles is 1. The second kappa shape index (κ2) is 5.26. The van der Waals surface area contributed by atoms with E-state index in [4.69, 9.17) is 5.26 Å². The van der Waals surface area contributed by atoms with Crippen LogP contribution in [0.15, 0.2) is 24.4 Å². The molecule has 1 heterocycles. The van der Waals surface area contributed by atoms with Gasteiger partial charge >= 0.3 is 0 Å². The third-order valence-electron chi connectivity index (χ3n) is 2.50. The van der Waals surface area contributed by atoms with Crippen LogP contribution in [0.25, 0.3) is 0 Å². The summed E-state index contributed by atoms with van der Waals surface area (Å²) in [7, 11) is 0. The first kappa shape index (κ1) is 11.4. The second-order valence-corrected chi connectivity index (χ2v) is 3.53. The molecule has 1 aromatic rings. The van der Waals surface area contributed by atoms with E-state index in [1.54, 1.807) is 24.4 Å². The molecule has 0 fully saturated rings. The predicted molar refractivity (Wildman–Crippen MR) is 57.1 cm³/mol. The highest BCUT2D eigenvalue weighted by molar-refractivity contribution is 5.89. The lowest BCUT2D eigenvalue weighted by Gasteiger charge is -2.11. The molecule has 0 spiro atoms. The fourth-order valence-electron chi connectivity index (χ4n) is 1.31. The lowest BCUT2D eigenvalue weighted by atomic mass is 9.91. The van der Waals surface area contributed by atoms with Gasteiger partial charge in [-0.3, -0.25) is 9.78 Å². The number of carbonyl (C=O) groups is 1. The van der Waals surface area contributed by atoms with E-state index >= 15 is 0 Å². The Bertz CT molecular complexity index is 367. The monoisotopic (exact) mass is 202 g/mol. The number of aromatic nitrogens is 1. The third kappa shape index (κ3) is 2.63. The summed E-state index contributed by atoms with van der Waals surface area (Å²) in [6, 6.07) is 7.30. The van der Waals surface area contributed by atoms with Crippen molar-refractivity contribution >= 4 is 5.78 Å². The molecule has 1 rings (SSSR count). The molecular formula is C12H14N2O. The van der Waals surface area contributed by atoms with E-state index in [0.717, 1.165) is 6.42 Å². The molecule has 0 N–H and O–H groups in total. The van der Waals surface area contributed by atoms with Gasteiger partial charge in [0.2, 0.25) is 0 Å². The number of hydrogen-bond acceptors (Lipinski definition) is 3. The van der Waals surface area contributed by atoms with Gasteiger partial charge in [0.25, 0.3) is 0 Å². The highest BCUT2D eigenvalue weighted by Gasteiger charge is 2.24. The van der Waals surface area contributed by atoms with Crippen molar-refractivity contribution in [2.45, 2.75) is 26.2 Å². The van der Waals surface area contributed by atoms with Crippen LogP contribution in [0.2, 0.25) is 0 Å². The maximum absolute atomic E-state index is 11.8. The van der Waals surface area contributed by atoms with Gasteiger partial charge in [-0.1, -0.05) is 19.9 Å². The van der Waals surface area contributed by atoms with Gasteiger partial charge in [-0.25, -0.2) is 0 Å². The molecule has 0 aliphatic rings. The van der Waals surface area contributed by atoms with Crippen LogP contribution in [0, 0.1) is 17.2 Å². The molecule has 2 atom stereocenters. The Hall–Kier alpha value is -1.69. The topological polar surface area (TPSA) is 53.8 Å². The standard InChI is InChI=1S/C12H14N2O/c1-3-9(2)12(15)10(8-13)11-6-4-5-7-14-11/h4-7,9-10H,3H2,1-2H3. The zero-order valence-corrected chi connectivity index (χ0v) is 8.97. The molecule has 0 aliphatic carbocycles. The van der Waals surface area contributed by atoms with E-state index in [2.05, 4.69) is 4.98 Å². The first-order valence-corrected chi connectivity index (χ1v) is 5.05. The van der Waals surface area contributed by atoms with Crippen LogP contribution in [-0.2, 0) is 4.79 Å². The molecule has 3 heteroatoms. The summed E-state index contributed by atoms with van der Waals surface area (Å²) in [5, 5.41) is 8.98. The Morgan fingerprint density at radius 2 is 2.33 bits per heavy atom. The molecule has 0 saturated carbocycles. The Morgan fingerprint density at radius 1 is 1.60 bits per heavy atom.